The van der Waals surface area contributed by atoms with Gasteiger partial charge in [-0.25, -0.2) is 0 Å². The zero-order chi connectivity index (χ0) is 19.6. The van der Waals surface area contributed by atoms with Crippen LogP contribution in [0.5, 0.6) is 23.0 Å². The molecule has 0 amide bonds. The SMILES string of the molecule is CC(=O)Oc1c(Cl)c(Oc2cccc(Br)c2)c(OC(C)=O)c2ccccc12. The number of carbonyl (C=O) groups excluding carboxylic acids is 2. The Bertz CT molecular complexity index is 1050. The van der Waals surface area contributed by atoms with Gasteiger partial charge in [-0.3, -0.25) is 9.59 Å². The van der Waals surface area contributed by atoms with Crippen molar-refractivity contribution in [2.75, 3.05) is 0 Å². The van der Waals surface area contributed by atoms with Crippen molar-refractivity contribution in [3.05, 3.63) is 58.0 Å². The first kappa shape index (κ1) is 19.2. The summed E-state index contributed by atoms with van der Waals surface area (Å²) >= 11 is 9.88. The second-order valence-electron chi connectivity index (χ2n) is 5.59. The minimum absolute atomic E-state index is 0.0279. The van der Waals surface area contributed by atoms with E-state index in [1.54, 1.807) is 42.5 Å². The van der Waals surface area contributed by atoms with E-state index in [0.717, 1.165) is 4.47 Å². The van der Waals surface area contributed by atoms with E-state index in [2.05, 4.69) is 15.9 Å². The summed E-state index contributed by atoms with van der Waals surface area (Å²) in [4.78, 5) is 23.2. The highest BCUT2D eigenvalue weighted by atomic mass is 79.9. The molecule has 0 heterocycles. The number of benzene rings is 3. The van der Waals surface area contributed by atoms with Gasteiger partial charge in [0.2, 0.25) is 0 Å². The first-order chi connectivity index (χ1) is 12.9. The van der Waals surface area contributed by atoms with Crippen LogP contribution in [0.15, 0.2) is 53.0 Å². The van der Waals surface area contributed by atoms with Gasteiger partial charge in [-0.1, -0.05) is 57.9 Å². The summed E-state index contributed by atoms with van der Waals surface area (Å²) in [5, 5.41) is 1.08. The van der Waals surface area contributed by atoms with Gasteiger partial charge in [0.05, 0.1) is 0 Å². The Balaban J connectivity index is 2.29. The zero-order valence-electron chi connectivity index (χ0n) is 14.4. The molecule has 0 unspecified atom stereocenters. The molecule has 3 aromatic carbocycles. The summed E-state index contributed by atoms with van der Waals surface area (Å²) in [5.41, 5.74) is 0. The first-order valence-electron chi connectivity index (χ1n) is 7.91. The normalized spacial score (nSPS) is 10.5. The van der Waals surface area contributed by atoms with Crippen LogP contribution in [-0.4, -0.2) is 11.9 Å². The minimum atomic E-state index is -0.532. The average molecular weight is 450 g/mol. The molecule has 7 heteroatoms. The van der Waals surface area contributed by atoms with E-state index in [-0.39, 0.29) is 22.3 Å². The summed E-state index contributed by atoms with van der Waals surface area (Å²) in [5.74, 6) is -0.227. The van der Waals surface area contributed by atoms with E-state index in [1.165, 1.54) is 13.8 Å². The van der Waals surface area contributed by atoms with Gasteiger partial charge in [-0.2, -0.15) is 0 Å². The first-order valence-corrected chi connectivity index (χ1v) is 9.08. The summed E-state index contributed by atoms with van der Waals surface area (Å²) in [6.07, 6.45) is 0. The molecule has 0 aliphatic rings. The molecule has 0 aliphatic heterocycles. The maximum atomic E-state index is 11.7. The molecule has 0 bridgehead atoms. The van der Waals surface area contributed by atoms with Crippen LogP contribution in [0.3, 0.4) is 0 Å². The van der Waals surface area contributed by atoms with Crippen molar-refractivity contribution in [2.45, 2.75) is 13.8 Å². The maximum absolute atomic E-state index is 11.7. The highest BCUT2D eigenvalue weighted by Crippen LogP contribution is 2.50. The van der Waals surface area contributed by atoms with Gasteiger partial charge in [0.1, 0.15) is 10.8 Å². The predicted molar refractivity (Wildman–Crippen MR) is 106 cm³/mol. The van der Waals surface area contributed by atoms with Crippen LogP contribution in [0, 0.1) is 0 Å². The van der Waals surface area contributed by atoms with Crippen molar-refractivity contribution in [1.82, 2.24) is 0 Å². The van der Waals surface area contributed by atoms with Crippen molar-refractivity contribution in [3.8, 4) is 23.0 Å². The predicted octanol–water partition coefficient (Wildman–Crippen LogP) is 5.90. The number of hydrogen-bond acceptors (Lipinski definition) is 5. The van der Waals surface area contributed by atoms with E-state index in [1.807, 2.05) is 6.07 Å². The minimum Gasteiger partial charge on any atom is -0.452 e. The van der Waals surface area contributed by atoms with Gasteiger partial charge in [0.15, 0.2) is 17.2 Å². The van der Waals surface area contributed by atoms with Crippen LogP contribution in [0.1, 0.15) is 13.8 Å². The van der Waals surface area contributed by atoms with Crippen LogP contribution in [0.25, 0.3) is 10.8 Å². The quantitative estimate of drug-likeness (QED) is 0.367. The number of hydrogen-bond donors (Lipinski definition) is 0. The van der Waals surface area contributed by atoms with Crippen molar-refractivity contribution in [3.63, 3.8) is 0 Å². The number of esters is 2. The van der Waals surface area contributed by atoms with Crippen LogP contribution >= 0.6 is 27.5 Å². The highest BCUT2D eigenvalue weighted by Gasteiger charge is 2.24. The lowest BCUT2D eigenvalue weighted by Gasteiger charge is -2.18. The molecule has 27 heavy (non-hydrogen) atoms. The lowest BCUT2D eigenvalue weighted by Crippen LogP contribution is -2.07. The summed E-state index contributed by atoms with van der Waals surface area (Å²) in [6.45, 7) is 2.56. The molecule has 0 atom stereocenters. The smallest absolute Gasteiger partial charge is 0.308 e. The molecule has 0 radical (unpaired) electrons. The van der Waals surface area contributed by atoms with Gasteiger partial charge in [-0.05, 0) is 18.2 Å². The second kappa shape index (κ2) is 7.98. The van der Waals surface area contributed by atoms with Gasteiger partial charge < -0.3 is 14.2 Å². The highest BCUT2D eigenvalue weighted by molar-refractivity contribution is 9.10. The molecule has 0 saturated carbocycles. The van der Waals surface area contributed by atoms with Crippen molar-refractivity contribution < 1.29 is 23.8 Å². The maximum Gasteiger partial charge on any atom is 0.308 e. The third kappa shape index (κ3) is 4.23. The standard InChI is InChI=1S/C20H14BrClO5/c1-11(23)25-18-15-8-3-4-9-16(15)19(26-12(2)24)20(17(18)22)27-14-7-5-6-13(21)10-14/h3-10H,1-2H3. The Hall–Kier alpha value is -2.57. The molecule has 0 N–H and O–H groups in total. The van der Waals surface area contributed by atoms with Crippen LogP contribution in [0.2, 0.25) is 5.02 Å². The molecular weight excluding hydrogens is 436 g/mol. The number of rotatable bonds is 4. The fraction of sp³-hybridized carbons (Fsp3) is 0.100. The van der Waals surface area contributed by atoms with Gasteiger partial charge >= 0.3 is 11.9 Å². The van der Waals surface area contributed by atoms with Crippen LogP contribution in [-0.2, 0) is 9.59 Å². The van der Waals surface area contributed by atoms with Gasteiger partial charge in [0, 0.05) is 29.1 Å². The second-order valence-corrected chi connectivity index (χ2v) is 6.89. The largest absolute Gasteiger partial charge is 0.452 e. The molecule has 5 nitrogen and oxygen atoms in total. The molecule has 138 valence electrons. The van der Waals surface area contributed by atoms with Crippen LogP contribution < -0.4 is 14.2 Å². The number of ether oxygens (including phenoxy) is 3. The Morgan fingerprint density at radius 3 is 2.04 bits per heavy atom. The van der Waals surface area contributed by atoms with Crippen molar-refractivity contribution in [1.29, 1.82) is 0 Å². The number of halogens is 2. The summed E-state index contributed by atoms with van der Waals surface area (Å²) in [7, 11) is 0. The Morgan fingerprint density at radius 1 is 0.852 bits per heavy atom. The lowest BCUT2D eigenvalue weighted by atomic mass is 10.1. The van der Waals surface area contributed by atoms with E-state index in [4.69, 9.17) is 25.8 Å². The van der Waals surface area contributed by atoms with Crippen molar-refractivity contribution >= 4 is 50.2 Å². The molecular formula is C20H14BrClO5. The number of fused-ring (bicyclic) bond motifs is 1. The topological polar surface area (TPSA) is 61.8 Å². The summed E-state index contributed by atoms with van der Waals surface area (Å²) < 4.78 is 17.4. The van der Waals surface area contributed by atoms with Gasteiger partial charge in [0.25, 0.3) is 0 Å². The third-order valence-electron chi connectivity index (χ3n) is 3.53. The Kier molecular flexibility index (Phi) is 5.68. The van der Waals surface area contributed by atoms with E-state index in [0.29, 0.717) is 16.5 Å². The molecule has 0 saturated heterocycles. The van der Waals surface area contributed by atoms with Gasteiger partial charge in [-0.15, -0.1) is 0 Å². The van der Waals surface area contributed by atoms with E-state index < -0.39 is 11.9 Å². The van der Waals surface area contributed by atoms with E-state index in [9.17, 15) is 9.59 Å². The zero-order valence-corrected chi connectivity index (χ0v) is 16.8. The van der Waals surface area contributed by atoms with Crippen LogP contribution in [0.4, 0.5) is 0 Å². The molecule has 3 aromatic rings. The Labute approximate surface area is 168 Å². The molecule has 0 aromatic heterocycles. The average Bonchev–Trinajstić information content (AvgIpc) is 2.61. The number of carbonyl (C=O) groups is 2. The summed E-state index contributed by atoms with van der Waals surface area (Å²) in [6, 6.07) is 14.1. The van der Waals surface area contributed by atoms with E-state index >= 15 is 0 Å². The molecule has 3 rings (SSSR count). The lowest BCUT2D eigenvalue weighted by molar-refractivity contribution is -0.133. The van der Waals surface area contributed by atoms with Crippen molar-refractivity contribution in [2.24, 2.45) is 0 Å². The monoisotopic (exact) mass is 448 g/mol. The molecule has 0 aliphatic carbocycles. The molecule has 0 fully saturated rings. The fourth-order valence-corrected chi connectivity index (χ4v) is 3.19. The molecule has 0 spiro atoms. The fourth-order valence-electron chi connectivity index (χ4n) is 2.55. The Morgan fingerprint density at radius 2 is 1.44 bits per heavy atom. The third-order valence-corrected chi connectivity index (χ3v) is 4.37.